The molecule has 2 rings (SSSR count). The molecule has 1 aliphatic rings. The van der Waals surface area contributed by atoms with Crippen molar-refractivity contribution in [3.63, 3.8) is 0 Å². The topological polar surface area (TPSA) is 28.2 Å². The van der Waals surface area contributed by atoms with E-state index >= 15 is 0 Å². The zero-order valence-corrected chi connectivity index (χ0v) is 14.2. The zero-order chi connectivity index (χ0) is 14.8. The highest BCUT2D eigenvalue weighted by atomic mass is 32.2. The molecule has 20 heavy (non-hydrogen) atoms. The first-order chi connectivity index (χ1) is 9.37. The highest BCUT2D eigenvalue weighted by Gasteiger charge is 2.28. The quantitative estimate of drug-likeness (QED) is 0.922. The molecule has 0 bridgehead atoms. The van der Waals surface area contributed by atoms with Crippen LogP contribution < -0.4 is 10.2 Å². The van der Waals surface area contributed by atoms with Gasteiger partial charge >= 0.3 is 0 Å². The SMILES string of the molecule is Cc1cc(N2CCSC(C)(C)C2)c(CNC(C)C)cn1. The van der Waals surface area contributed by atoms with E-state index in [9.17, 15) is 0 Å². The predicted molar refractivity (Wildman–Crippen MR) is 89.7 cm³/mol. The van der Waals surface area contributed by atoms with E-state index in [4.69, 9.17) is 0 Å². The molecule has 4 heteroatoms. The molecule has 2 heterocycles. The largest absolute Gasteiger partial charge is 0.369 e. The van der Waals surface area contributed by atoms with Gasteiger partial charge in [0.1, 0.15) is 0 Å². The van der Waals surface area contributed by atoms with Gasteiger partial charge in [-0.05, 0) is 26.8 Å². The average molecular weight is 293 g/mol. The fourth-order valence-corrected chi connectivity index (χ4v) is 3.65. The van der Waals surface area contributed by atoms with Crippen molar-refractivity contribution in [2.45, 2.75) is 52.0 Å². The molecule has 0 spiro atoms. The molecule has 0 amide bonds. The van der Waals surface area contributed by atoms with E-state index in [1.54, 1.807) is 0 Å². The van der Waals surface area contributed by atoms with Crippen molar-refractivity contribution in [1.82, 2.24) is 10.3 Å². The van der Waals surface area contributed by atoms with Crippen LogP contribution in [-0.4, -0.2) is 34.6 Å². The van der Waals surface area contributed by atoms with Gasteiger partial charge in [0, 0.05) is 59.3 Å². The van der Waals surface area contributed by atoms with Crippen LogP contribution in [0.25, 0.3) is 0 Å². The molecule has 0 unspecified atom stereocenters. The number of nitrogens with one attached hydrogen (secondary N) is 1. The highest BCUT2D eigenvalue weighted by molar-refractivity contribution is 8.00. The van der Waals surface area contributed by atoms with Gasteiger partial charge in [0.2, 0.25) is 0 Å². The van der Waals surface area contributed by atoms with Gasteiger partial charge in [-0.25, -0.2) is 0 Å². The van der Waals surface area contributed by atoms with Gasteiger partial charge in [0.25, 0.3) is 0 Å². The summed E-state index contributed by atoms with van der Waals surface area (Å²) < 4.78 is 0.332. The lowest BCUT2D eigenvalue weighted by Gasteiger charge is -2.39. The first-order valence-electron chi connectivity index (χ1n) is 7.45. The van der Waals surface area contributed by atoms with Crippen molar-refractivity contribution in [2.24, 2.45) is 0 Å². The summed E-state index contributed by atoms with van der Waals surface area (Å²) in [6, 6.07) is 2.74. The maximum Gasteiger partial charge on any atom is 0.0446 e. The molecule has 0 atom stereocenters. The Morgan fingerprint density at radius 1 is 1.45 bits per heavy atom. The molecule has 1 saturated heterocycles. The van der Waals surface area contributed by atoms with Crippen LogP contribution in [0.3, 0.4) is 0 Å². The molecular formula is C16H27N3S. The van der Waals surface area contributed by atoms with Crippen molar-refractivity contribution < 1.29 is 0 Å². The van der Waals surface area contributed by atoms with Crippen molar-refractivity contribution in [3.05, 3.63) is 23.5 Å². The lowest BCUT2D eigenvalue weighted by molar-refractivity contribution is 0.584. The lowest BCUT2D eigenvalue weighted by Crippen LogP contribution is -2.43. The van der Waals surface area contributed by atoms with Crippen LogP contribution in [-0.2, 0) is 6.54 Å². The molecule has 1 N–H and O–H groups in total. The van der Waals surface area contributed by atoms with Crippen molar-refractivity contribution >= 4 is 17.4 Å². The Hall–Kier alpha value is -0.740. The van der Waals surface area contributed by atoms with Gasteiger partial charge in [-0.2, -0.15) is 11.8 Å². The minimum atomic E-state index is 0.332. The third-order valence-corrected chi connectivity index (χ3v) is 4.86. The number of hydrogen-bond donors (Lipinski definition) is 1. The third-order valence-electron chi connectivity index (χ3n) is 3.57. The standard InChI is InChI=1S/C16H27N3S/c1-12(2)17-9-14-10-18-13(3)8-15(14)19-6-7-20-16(4,5)11-19/h8,10,12,17H,6-7,9,11H2,1-5H3. The van der Waals surface area contributed by atoms with Crippen molar-refractivity contribution in [1.29, 1.82) is 0 Å². The van der Waals surface area contributed by atoms with E-state index in [0.29, 0.717) is 10.8 Å². The Kier molecular flexibility index (Phi) is 4.97. The van der Waals surface area contributed by atoms with Crippen LogP contribution >= 0.6 is 11.8 Å². The van der Waals surface area contributed by atoms with Crippen LogP contribution in [0.15, 0.2) is 12.3 Å². The van der Waals surface area contributed by atoms with Gasteiger partial charge < -0.3 is 10.2 Å². The summed E-state index contributed by atoms with van der Waals surface area (Å²) in [5, 5.41) is 3.51. The van der Waals surface area contributed by atoms with Crippen LogP contribution in [0.1, 0.15) is 39.0 Å². The fourth-order valence-electron chi connectivity index (χ4n) is 2.54. The fraction of sp³-hybridized carbons (Fsp3) is 0.688. The molecule has 0 aromatic carbocycles. The molecule has 1 aliphatic heterocycles. The van der Waals surface area contributed by atoms with Crippen LogP contribution in [0.2, 0.25) is 0 Å². The van der Waals surface area contributed by atoms with Crippen molar-refractivity contribution in [2.75, 3.05) is 23.7 Å². The second-order valence-electron chi connectivity index (χ2n) is 6.52. The van der Waals surface area contributed by atoms with E-state index in [1.165, 1.54) is 17.0 Å². The summed E-state index contributed by atoms with van der Waals surface area (Å²) in [7, 11) is 0. The van der Waals surface area contributed by atoms with Crippen LogP contribution in [0.5, 0.6) is 0 Å². The Balaban J connectivity index is 2.22. The highest BCUT2D eigenvalue weighted by Crippen LogP contribution is 2.33. The average Bonchev–Trinajstić information content (AvgIpc) is 2.36. The summed E-state index contributed by atoms with van der Waals surface area (Å²) in [4.78, 5) is 7.01. The van der Waals surface area contributed by atoms with Gasteiger partial charge in [0.05, 0.1) is 0 Å². The molecule has 3 nitrogen and oxygen atoms in total. The number of aryl methyl sites for hydroxylation is 1. The number of aromatic nitrogens is 1. The first-order valence-corrected chi connectivity index (χ1v) is 8.44. The molecule has 112 valence electrons. The Morgan fingerprint density at radius 2 is 2.20 bits per heavy atom. The normalized spacial score (nSPS) is 18.6. The van der Waals surface area contributed by atoms with E-state index in [0.717, 1.165) is 25.3 Å². The van der Waals surface area contributed by atoms with Gasteiger partial charge in [-0.1, -0.05) is 13.8 Å². The summed E-state index contributed by atoms with van der Waals surface area (Å²) in [6.45, 7) is 14.2. The number of hydrogen-bond acceptors (Lipinski definition) is 4. The molecule has 1 fully saturated rings. The second-order valence-corrected chi connectivity index (χ2v) is 8.32. The van der Waals surface area contributed by atoms with E-state index in [2.05, 4.69) is 67.6 Å². The minimum absolute atomic E-state index is 0.332. The molecule has 1 aromatic heterocycles. The second kappa shape index (κ2) is 6.35. The van der Waals surface area contributed by atoms with E-state index in [-0.39, 0.29) is 0 Å². The molecule has 0 aliphatic carbocycles. The smallest absolute Gasteiger partial charge is 0.0446 e. The maximum absolute atomic E-state index is 4.48. The summed E-state index contributed by atoms with van der Waals surface area (Å²) >= 11 is 2.07. The Bertz CT molecular complexity index is 457. The van der Waals surface area contributed by atoms with Crippen molar-refractivity contribution in [3.8, 4) is 0 Å². The summed E-state index contributed by atoms with van der Waals surface area (Å²) in [6.07, 6.45) is 2.04. The summed E-state index contributed by atoms with van der Waals surface area (Å²) in [5.41, 5.74) is 3.77. The monoisotopic (exact) mass is 293 g/mol. The third kappa shape index (κ3) is 4.13. The Morgan fingerprint density at radius 3 is 2.85 bits per heavy atom. The predicted octanol–water partition coefficient (Wildman–Crippen LogP) is 3.22. The van der Waals surface area contributed by atoms with Gasteiger partial charge in [0.15, 0.2) is 0 Å². The first kappa shape index (κ1) is 15.6. The summed E-state index contributed by atoms with van der Waals surface area (Å²) in [5.74, 6) is 1.20. The molecule has 1 aromatic rings. The van der Waals surface area contributed by atoms with Gasteiger partial charge in [-0.3, -0.25) is 4.98 Å². The van der Waals surface area contributed by atoms with E-state index in [1.807, 2.05) is 6.20 Å². The maximum atomic E-state index is 4.48. The van der Waals surface area contributed by atoms with Crippen LogP contribution in [0, 0.1) is 6.92 Å². The minimum Gasteiger partial charge on any atom is -0.369 e. The molecular weight excluding hydrogens is 266 g/mol. The molecule has 0 radical (unpaired) electrons. The number of thioether (sulfide) groups is 1. The zero-order valence-electron chi connectivity index (χ0n) is 13.4. The number of anilines is 1. The number of rotatable bonds is 4. The number of pyridine rings is 1. The van der Waals surface area contributed by atoms with Crippen LogP contribution in [0.4, 0.5) is 5.69 Å². The molecule has 0 saturated carbocycles. The lowest BCUT2D eigenvalue weighted by atomic mass is 10.1. The van der Waals surface area contributed by atoms with E-state index < -0.39 is 0 Å². The van der Waals surface area contributed by atoms with Gasteiger partial charge in [-0.15, -0.1) is 0 Å². The number of nitrogens with zero attached hydrogens (tertiary/aromatic N) is 2. The Labute approximate surface area is 127 Å².